The third-order valence-electron chi connectivity index (χ3n) is 6.44. The Morgan fingerprint density at radius 3 is 2.50 bits per heavy atom. The molecule has 1 aliphatic heterocycles. The number of hydrogen-bond donors (Lipinski definition) is 0. The number of benzene rings is 3. The van der Waals surface area contributed by atoms with Crippen molar-refractivity contribution in [2.45, 2.75) is 26.3 Å². The van der Waals surface area contributed by atoms with E-state index in [0.717, 1.165) is 34.9 Å². The average Bonchev–Trinajstić information content (AvgIpc) is 2.84. The molecule has 1 atom stereocenters. The van der Waals surface area contributed by atoms with Crippen LogP contribution in [0.25, 0.3) is 10.8 Å². The standard InChI is InChI=1S/C27H30N2O3/c1-19-9-4-5-10-20(19)17-28(2)26(30)21-11-8-16-29(18-21)27(31)24-14-15-25(32-3)23-13-7-6-12-22(23)24/h4-7,9-10,12-15,21H,8,11,16-18H2,1-3H3. The lowest BCUT2D eigenvalue weighted by molar-refractivity contribution is -0.136. The second kappa shape index (κ2) is 9.43. The second-order valence-electron chi connectivity index (χ2n) is 8.57. The van der Waals surface area contributed by atoms with E-state index in [9.17, 15) is 9.59 Å². The molecule has 5 heteroatoms. The molecule has 1 saturated heterocycles. The summed E-state index contributed by atoms with van der Waals surface area (Å²) in [6.45, 7) is 3.77. The van der Waals surface area contributed by atoms with E-state index >= 15 is 0 Å². The molecule has 1 aliphatic rings. The van der Waals surface area contributed by atoms with Gasteiger partial charge in [0.25, 0.3) is 5.91 Å². The molecule has 32 heavy (non-hydrogen) atoms. The highest BCUT2D eigenvalue weighted by Gasteiger charge is 2.31. The van der Waals surface area contributed by atoms with Gasteiger partial charge in [0.1, 0.15) is 5.75 Å². The van der Waals surface area contributed by atoms with Crippen LogP contribution in [0.15, 0.2) is 60.7 Å². The molecule has 0 radical (unpaired) electrons. The fourth-order valence-electron chi connectivity index (χ4n) is 4.60. The number of hydrogen-bond acceptors (Lipinski definition) is 3. The van der Waals surface area contributed by atoms with Crippen LogP contribution >= 0.6 is 0 Å². The summed E-state index contributed by atoms with van der Waals surface area (Å²) < 4.78 is 5.46. The van der Waals surface area contributed by atoms with Crippen LogP contribution in [-0.4, -0.2) is 48.9 Å². The summed E-state index contributed by atoms with van der Waals surface area (Å²) in [5.74, 6) is 0.654. The van der Waals surface area contributed by atoms with E-state index in [1.807, 2.05) is 60.5 Å². The van der Waals surface area contributed by atoms with Gasteiger partial charge in [-0.2, -0.15) is 0 Å². The van der Waals surface area contributed by atoms with Crippen LogP contribution in [0.2, 0.25) is 0 Å². The maximum atomic E-state index is 13.4. The lowest BCUT2D eigenvalue weighted by atomic mass is 9.95. The van der Waals surface area contributed by atoms with Gasteiger partial charge in [-0.3, -0.25) is 9.59 Å². The number of methoxy groups -OCH3 is 1. The minimum absolute atomic E-state index is 0.0251. The third kappa shape index (κ3) is 4.33. The predicted octanol–water partition coefficient (Wildman–Crippen LogP) is 4.67. The number of carbonyl (C=O) groups excluding carboxylic acids is 2. The maximum Gasteiger partial charge on any atom is 0.254 e. The zero-order valence-electron chi connectivity index (χ0n) is 19.0. The first kappa shape index (κ1) is 21.9. The predicted molar refractivity (Wildman–Crippen MR) is 127 cm³/mol. The first-order valence-electron chi connectivity index (χ1n) is 11.1. The molecule has 2 amide bonds. The lowest BCUT2D eigenvalue weighted by Crippen LogP contribution is -2.45. The van der Waals surface area contributed by atoms with Gasteiger partial charge in [0.05, 0.1) is 13.0 Å². The zero-order valence-corrected chi connectivity index (χ0v) is 19.0. The Bertz CT molecular complexity index is 1140. The topological polar surface area (TPSA) is 49.9 Å². The molecule has 0 saturated carbocycles. The van der Waals surface area contributed by atoms with Gasteiger partial charge in [-0.25, -0.2) is 0 Å². The number of rotatable bonds is 5. The fraction of sp³-hybridized carbons (Fsp3) is 0.333. The highest BCUT2D eigenvalue weighted by atomic mass is 16.5. The van der Waals surface area contributed by atoms with Gasteiger partial charge in [-0.15, -0.1) is 0 Å². The van der Waals surface area contributed by atoms with Crippen molar-refractivity contribution >= 4 is 22.6 Å². The van der Waals surface area contributed by atoms with Gasteiger partial charge in [0.2, 0.25) is 5.91 Å². The minimum atomic E-state index is -0.175. The molecule has 1 heterocycles. The Morgan fingerprint density at radius 2 is 1.75 bits per heavy atom. The van der Waals surface area contributed by atoms with E-state index in [4.69, 9.17) is 4.74 Å². The molecule has 1 fully saturated rings. The van der Waals surface area contributed by atoms with Crippen LogP contribution in [0.4, 0.5) is 0 Å². The molecular weight excluding hydrogens is 400 g/mol. The smallest absolute Gasteiger partial charge is 0.254 e. The Hall–Kier alpha value is -3.34. The highest BCUT2D eigenvalue weighted by molar-refractivity contribution is 6.08. The van der Waals surface area contributed by atoms with Crippen molar-refractivity contribution in [1.29, 1.82) is 0 Å². The number of amides is 2. The Balaban J connectivity index is 1.50. The molecule has 4 rings (SSSR count). The summed E-state index contributed by atoms with van der Waals surface area (Å²) in [6, 6.07) is 19.6. The SMILES string of the molecule is COc1ccc(C(=O)N2CCCC(C(=O)N(C)Cc3ccccc3C)C2)c2ccccc12. The van der Waals surface area contributed by atoms with Crippen LogP contribution in [0.3, 0.4) is 0 Å². The number of aryl methyl sites for hydroxylation is 1. The molecule has 0 aliphatic carbocycles. The summed E-state index contributed by atoms with van der Waals surface area (Å²) >= 11 is 0. The number of piperidine rings is 1. The van der Waals surface area contributed by atoms with Gasteiger partial charge in [-0.1, -0.05) is 48.5 Å². The van der Waals surface area contributed by atoms with Crippen LogP contribution in [0.5, 0.6) is 5.75 Å². The van der Waals surface area contributed by atoms with Gasteiger partial charge >= 0.3 is 0 Å². The zero-order chi connectivity index (χ0) is 22.7. The van der Waals surface area contributed by atoms with E-state index in [-0.39, 0.29) is 17.7 Å². The largest absolute Gasteiger partial charge is 0.496 e. The van der Waals surface area contributed by atoms with Crippen LogP contribution < -0.4 is 4.74 Å². The Kier molecular flexibility index (Phi) is 6.45. The Morgan fingerprint density at radius 1 is 1.03 bits per heavy atom. The van der Waals surface area contributed by atoms with E-state index in [1.54, 1.807) is 12.0 Å². The Labute approximate surface area is 189 Å². The van der Waals surface area contributed by atoms with Gasteiger partial charge in [-0.05, 0) is 48.4 Å². The summed E-state index contributed by atoms with van der Waals surface area (Å²) in [6.07, 6.45) is 1.64. The lowest BCUT2D eigenvalue weighted by Gasteiger charge is -2.34. The van der Waals surface area contributed by atoms with Crippen molar-refractivity contribution < 1.29 is 14.3 Å². The molecule has 5 nitrogen and oxygen atoms in total. The number of likely N-dealkylation sites (tertiary alicyclic amines) is 1. The highest BCUT2D eigenvalue weighted by Crippen LogP contribution is 2.30. The van der Waals surface area contributed by atoms with Gasteiger partial charge < -0.3 is 14.5 Å². The molecule has 0 bridgehead atoms. The van der Waals surface area contributed by atoms with Crippen LogP contribution in [0, 0.1) is 12.8 Å². The molecule has 3 aromatic rings. The van der Waals surface area contributed by atoms with E-state index < -0.39 is 0 Å². The van der Waals surface area contributed by atoms with Crippen molar-refractivity contribution in [3.8, 4) is 5.75 Å². The van der Waals surface area contributed by atoms with Crippen molar-refractivity contribution in [1.82, 2.24) is 9.80 Å². The second-order valence-corrected chi connectivity index (χ2v) is 8.57. The molecule has 0 spiro atoms. The van der Waals surface area contributed by atoms with Crippen molar-refractivity contribution in [2.75, 3.05) is 27.2 Å². The van der Waals surface area contributed by atoms with Crippen molar-refractivity contribution in [3.63, 3.8) is 0 Å². The molecule has 3 aromatic carbocycles. The maximum absolute atomic E-state index is 13.4. The van der Waals surface area contributed by atoms with Crippen molar-refractivity contribution in [3.05, 3.63) is 77.4 Å². The summed E-state index contributed by atoms with van der Waals surface area (Å²) in [5, 5.41) is 1.80. The first-order chi connectivity index (χ1) is 15.5. The minimum Gasteiger partial charge on any atom is -0.496 e. The van der Waals surface area contributed by atoms with Gasteiger partial charge in [0.15, 0.2) is 0 Å². The monoisotopic (exact) mass is 430 g/mol. The number of nitrogens with zero attached hydrogens (tertiary/aromatic N) is 2. The molecule has 0 aromatic heterocycles. The van der Waals surface area contributed by atoms with Gasteiger partial charge in [0, 0.05) is 37.6 Å². The molecule has 1 unspecified atom stereocenters. The fourth-order valence-corrected chi connectivity index (χ4v) is 4.60. The summed E-state index contributed by atoms with van der Waals surface area (Å²) in [7, 11) is 3.49. The summed E-state index contributed by atoms with van der Waals surface area (Å²) in [5.41, 5.74) is 2.98. The quantitative estimate of drug-likeness (QED) is 0.591. The molecule has 0 N–H and O–H groups in total. The first-order valence-corrected chi connectivity index (χ1v) is 11.1. The van der Waals surface area contributed by atoms with Crippen LogP contribution in [0.1, 0.15) is 34.3 Å². The van der Waals surface area contributed by atoms with Crippen molar-refractivity contribution in [2.24, 2.45) is 5.92 Å². The third-order valence-corrected chi connectivity index (χ3v) is 6.44. The van der Waals surface area contributed by atoms with E-state index in [0.29, 0.717) is 25.2 Å². The number of fused-ring (bicyclic) bond motifs is 1. The molecular formula is C27H30N2O3. The average molecular weight is 431 g/mol. The molecule has 166 valence electrons. The summed E-state index contributed by atoms with van der Waals surface area (Å²) in [4.78, 5) is 30.3. The normalized spacial score (nSPS) is 16.1. The van der Waals surface area contributed by atoms with E-state index in [1.165, 1.54) is 5.56 Å². The number of carbonyl (C=O) groups is 2. The van der Waals surface area contributed by atoms with Crippen LogP contribution in [-0.2, 0) is 11.3 Å². The number of ether oxygens (including phenoxy) is 1. The van der Waals surface area contributed by atoms with E-state index in [2.05, 4.69) is 19.1 Å².